The van der Waals surface area contributed by atoms with E-state index in [0.717, 1.165) is 31.5 Å². The lowest BCUT2D eigenvalue weighted by molar-refractivity contribution is -0.151. The van der Waals surface area contributed by atoms with Gasteiger partial charge in [-0.15, -0.1) is 0 Å². The molecule has 0 radical (unpaired) electrons. The van der Waals surface area contributed by atoms with Crippen LogP contribution in [0.25, 0.3) is 0 Å². The Morgan fingerprint density at radius 2 is 1.92 bits per heavy atom. The summed E-state index contributed by atoms with van der Waals surface area (Å²) < 4.78 is 5.37. The number of carboxylic acid groups (broad SMARTS) is 1. The Kier molecular flexibility index (Phi) is 5.50. The molecule has 2 heterocycles. The maximum Gasteiger partial charge on any atom is 0.307 e. The van der Waals surface area contributed by atoms with Crippen LogP contribution in [0.15, 0.2) is 16.7 Å². The van der Waals surface area contributed by atoms with Crippen LogP contribution in [0.3, 0.4) is 0 Å². The third kappa shape index (κ3) is 3.91. The molecule has 2 aliphatic rings. The number of carboxylic acids is 1. The summed E-state index contributed by atoms with van der Waals surface area (Å²) in [6, 6.07) is 0. The number of carbonyl (C=O) groups excluding carboxylic acids is 1. The maximum absolute atomic E-state index is 12.8. The molecule has 1 aromatic rings. The number of hydrogen-bond acceptors (Lipinski definition) is 5. The minimum absolute atomic E-state index is 0.0348. The summed E-state index contributed by atoms with van der Waals surface area (Å²) in [5.74, 6) is -0.377. The van der Waals surface area contributed by atoms with E-state index in [9.17, 15) is 14.7 Å². The standard InChI is InChI=1S/C18H25N3O4/c1-2-5-15-19-16(25-20-15)12-8-10-21(11-9-12)17(22)13-6-3-4-7-14(13)18(23)24/h3-4,12-14H,2,5-11H2,1H3,(H,23,24)/t13-,14+/m0/s1. The van der Waals surface area contributed by atoms with Crippen LogP contribution in [-0.2, 0) is 16.0 Å². The molecule has 25 heavy (non-hydrogen) atoms. The molecule has 1 aromatic heterocycles. The summed E-state index contributed by atoms with van der Waals surface area (Å²) in [4.78, 5) is 30.4. The Morgan fingerprint density at radius 1 is 1.24 bits per heavy atom. The first-order chi connectivity index (χ1) is 12.1. The topological polar surface area (TPSA) is 96.5 Å². The molecule has 1 aliphatic heterocycles. The van der Waals surface area contributed by atoms with Crippen molar-refractivity contribution in [3.05, 3.63) is 23.9 Å². The molecule has 0 aromatic carbocycles. The van der Waals surface area contributed by atoms with Crippen molar-refractivity contribution < 1.29 is 19.2 Å². The van der Waals surface area contributed by atoms with Gasteiger partial charge in [0.1, 0.15) is 0 Å². The summed E-state index contributed by atoms with van der Waals surface area (Å²) in [6.45, 7) is 3.30. The Bertz CT molecular complexity index is 647. The largest absolute Gasteiger partial charge is 0.481 e. The van der Waals surface area contributed by atoms with Crippen molar-refractivity contribution in [3.63, 3.8) is 0 Å². The predicted octanol–water partition coefficient (Wildman–Crippen LogP) is 2.40. The summed E-state index contributed by atoms with van der Waals surface area (Å²) in [6.07, 6.45) is 8.07. The minimum Gasteiger partial charge on any atom is -0.481 e. The van der Waals surface area contributed by atoms with Crippen LogP contribution >= 0.6 is 0 Å². The number of likely N-dealkylation sites (tertiary alicyclic amines) is 1. The summed E-state index contributed by atoms with van der Waals surface area (Å²) in [5, 5.41) is 13.4. The molecule has 7 heteroatoms. The highest BCUT2D eigenvalue weighted by molar-refractivity contribution is 5.85. The number of piperidine rings is 1. The number of aliphatic carboxylic acids is 1. The highest BCUT2D eigenvalue weighted by atomic mass is 16.5. The first-order valence-electron chi connectivity index (χ1n) is 9.09. The fraction of sp³-hybridized carbons (Fsp3) is 0.667. The van der Waals surface area contributed by atoms with Gasteiger partial charge in [-0.3, -0.25) is 9.59 Å². The molecule has 7 nitrogen and oxygen atoms in total. The maximum atomic E-state index is 12.8. The predicted molar refractivity (Wildman–Crippen MR) is 89.8 cm³/mol. The number of allylic oxidation sites excluding steroid dienone is 2. The minimum atomic E-state index is -0.883. The molecule has 1 amide bonds. The molecule has 1 N–H and O–H groups in total. The second-order valence-corrected chi connectivity index (χ2v) is 6.89. The molecular formula is C18H25N3O4. The van der Waals surface area contributed by atoms with E-state index >= 15 is 0 Å². The molecule has 2 atom stereocenters. The summed E-state index contributed by atoms with van der Waals surface area (Å²) in [5.41, 5.74) is 0. The average molecular weight is 347 g/mol. The number of carbonyl (C=O) groups is 2. The Hall–Kier alpha value is -2.18. The lowest BCUT2D eigenvalue weighted by Crippen LogP contribution is -2.45. The van der Waals surface area contributed by atoms with Gasteiger partial charge in [0.25, 0.3) is 0 Å². The van der Waals surface area contributed by atoms with Crippen LogP contribution in [0.5, 0.6) is 0 Å². The molecule has 1 fully saturated rings. The van der Waals surface area contributed by atoms with Crippen molar-refractivity contribution in [3.8, 4) is 0 Å². The quantitative estimate of drug-likeness (QED) is 0.822. The average Bonchev–Trinajstić information content (AvgIpc) is 3.10. The van der Waals surface area contributed by atoms with Crippen molar-refractivity contribution in [2.75, 3.05) is 13.1 Å². The highest BCUT2D eigenvalue weighted by Gasteiger charge is 2.38. The molecular weight excluding hydrogens is 322 g/mol. The Balaban J connectivity index is 1.58. The first kappa shape index (κ1) is 17.6. The third-order valence-corrected chi connectivity index (χ3v) is 5.18. The normalized spacial score (nSPS) is 24.4. The Morgan fingerprint density at radius 3 is 2.56 bits per heavy atom. The molecule has 3 rings (SSSR count). The van der Waals surface area contributed by atoms with E-state index in [-0.39, 0.29) is 11.8 Å². The second-order valence-electron chi connectivity index (χ2n) is 6.89. The van der Waals surface area contributed by atoms with Gasteiger partial charge in [0.2, 0.25) is 11.8 Å². The van der Waals surface area contributed by atoms with Crippen molar-refractivity contribution in [2.45, 2.75) is 51.4 Å². The summed E-state index contributed by atoms with van der Waals surface area (Å²) >= 11 is 0. The zero-order valence-electron chi connectivity index (χ0n) is 14.6. The third-order valence-electron chi connectivity index (χ3n) is 5.18. The van der Waals surface area contributed by atoms with Crippen LogP contribution in [0.1, 0.15) is 56.7 Å². The molecule has 1 saturated heterocycles. The van der Waals surface area contributed by atoms with Crippen molar-refractivity contribution in [1.29, 1.82) is 0 Å². The van der Waals surface area contributed by atoms with E-state index in [1.54, 1.807) is 4.90 Å². The van der Waals surface area contributed by atoms with Gasteiger partial charge in [-0.25, -0.2) is 0 Å². The molecule has 0 bridgehead atoms. The zero-order valence-corrected chi connectivity index (χ0v) is 14.6. The summed E-state index contributed by atoms with van der Waals surface area (Å²) in [7, 11) is 0. The number of nitrogens with zero attached hydrogens (tertiary/aromatic N) is 3. The fourth-order valence-electron chi connectivity index (χ4n) is 3.70. The van der Waals surface area contributed by atoms with E-state index in [4.69, 9.17) is 4.52 Å². The van der Waals surface area contributed by atoms with Crippen LogP contribution in [-0.4, -0.2) is 45.1 Å². The van der Waals surface area contributed by atoms with Gasteiger partial charge in [0, 0.05) is 25.4 Å². The van der Waals surface area contributed by atoms with Gasteiger partial charge in [-0.1, -0.05) is 24.2 Å². The number of rotatable bonds is 5. The highest BCUT2D eigenvalue weighted by Crippen LogP contribution is 2.31. The number of hydrogen-bond donors (Lipinski definition) is 1. The van der Waals surface area contributed by atoms with Gasteiger partial charge in [-0.2, -0.15) is 4.98 Å². The van der Waals surface area contributed by atoms with E-state index in [1.807, 2.05) is 12.2 Å². The van der Waals surface area contributed by atoms with Gasteiger partial charge in [0.15, 0.2) is 5.82 Å². The van der Waals surface area contributed by atoms with Crippen LogP contribution in [0, 0.1) is 11.8 Å². The number of aryl methyl sites for hydroxylation is 1. The molecule has 136 valence electrons. The van der Waals surface area contributed by atoms with Crippen LogP contribution in [0.2, 0.25) is 0 Å². The van der Waals surface area contributed by atoms with Crippen LogP contribution in [0.4, 0.5) is 0 Å². The van der Waals surface area contributed by atoms with E-state index < -0.39 is 17.8 Å². The molecule has 0 unspecified atom stereocenters. The smallest absolute Gasteiger partial charge is 0.307 e. The van der Waals surface area contributed by atoms with Gasteiger partial charge in [-0.05, 0) is 32.1 Å². The number of amides is 1. The first-order valence-corrected chi connectivity index (χ1v) is 9.09. The van der Waals surface area contributed by atoms with Crippen molar-refractivity contribution >= 4 is 11.9 Å². The lowest BCUT2D eigenvalue weighted by atomic mass is 9.81. The molecule has 1 aliphatic carbocycles. The van der Waals surface area contributed by atoms with E-state index in [1.165, 1.54) is 0 Å². The number of aromatic nitrogens is 2. The van der Waals surface area contributed by atoms with Crippen LogP contribution < -0.4 is 0 Å². The molecule has 0 saturated carbocycles. The van der Waals surface area contributed by atoms with E-state index in [0.29, 0.717) is 31.8 Å². The zero-order chi connectivity index (χ0) is 17.8. The Labute approximate surface area is 147 Å². The van der Waals surface area contributed by atoms with Crippen molar-refractivity contribution in [2.24, 2.45) is 11.8 Å². The van der Waals surface area contributed by atoms with Gasteiger partial charge in [0.05, 0.1) is 11.8 Å². The lowest BCUT2D eigenvalue weighted by Gasteiger charge is -2.35. The van der Waals surface area contributed by atoms with Gasteiger partial charge >= 0.3 is 5.97 Å². The van der Waals surface area contributed by atoms with E-state index in [2.05, 4.69) is 17.1 Å². The van der Waals surface area contributed by atoms with Crippen molar-refractivity contribution in [1.82, 2.24) is 15.0 Å². The fourth-order valence-corrected chi connectivity index (χ4v) is 3.70. The second kappa shape index (κ2) is 7.80. The molecule has 0 spiro atoms. The monoisotopic (exact) mass is 347 g/mol. The van der Waals surface area contributed by atoms with Gasteiger partial charge < -0.3 is 14.5 Å². The SMILES string of the molecule is CCCc1noc(C2CCN(C(=O)[C@H]3CC=CC[C@H]3C(=O)O)CC2)n1.